The summed E-state index contributed by atoms with van der Waals surface area (Å²) in [6.45, 7) is 4.63. The standard InChI is InChI=1S/C38H40ClF2N7O5S/c1-21-27(13-15-49)34(23-6-7-23)44-48(21)20-32(50)43-31(18-22-16-24(40)19-25(41)17-22)35-28(9-8-26(42-35)12-14-38(2,3)51)29-10-11-30(39)33-36(29)47(4)45-37(33)46-54(5,52)53/h8-11,16-17,19,23,31,49,51H,6-7,13,15,18,20H2,1-5H3,(H,43,50)(H,45,46). The molecule has 0 radical (unpaired) electrons. The number of sulfonamides is 1. The fourth-order valence-electron chi connectivity index (χ4n) is 6.52. The largest absolute Gasteiger partial charge is 0.396 e. The molecule has 0 saturated heterocycles. The Hall–Kier alpha value is -4.88. The number of nitrogens with zero attached hydrogens (tertiary/aromatic N) is 5. The molecule has 5 aromatic rings. The first-order valence-electron chi connectivity index (χ1n) is 17.2. The molecule has 0 aliphatic heterocycles. The third kappa shape index (κ3) is 8.90. The summed E-state index contributed by atoms with van der Waals surface area (Å²) >= 11 is 6.63. The highest BCUT2D eigenvalue weighted by Gasteiger charge is 2.31. The average Bonchev–Trinajstić information content (AvgIpc) is 3.80. The van der Waals surface area contributed by atoms with Crippen molar-refractivity contribution < 1.29 is 32.2 Å². The van der Waals surface area contributed by atoms with Crippen molar-refractivity contribution in [3.8, 4) is 23.0 Å². The van der Waals surface area contributed by atoms with Crippen LogP contribution in [0.4, 0.5) is 14.6 Å². The highest BCUT2D eigenvalue weighted by molar-refractivity contribution is 7.92. The number of amides is 1. The molecule has 2 aromatic carbocycles. The number of hydrogen-bond acceptors (Lipinski definition) is 8. The van der Waals surface area contributed by atoms with Gasteiger partial charge in [0.05, 0.1) is 39.6 Å². The van der Waals surface area contributed by atoms with Crippen molar-refractivity contribution in [1.82, 2.24) is 29.9 Å². The van der Waals surface area contributed by atoms with Crippen LogP contribution in [0.1, 0.15) is 72.6 Å². The molecular weight excluding hydrogens is 740 g/mol. The first kappa shape index (κ1) is 38.8. The Bertz CT molecular complexity index is 2420. The van der Waals surface area contributed by atoms with Gasteiger partial charge in [-0.25, -0.2) is 22.2 Å². The van der Waals surface area contributed by atoms with Crippen molar-refractivity contribution in [2.24, 2.45) is 7.05 Å². The number of fused-ring (bicyclic) bond motifs is 1. The van der Waals surface area contributed by atoms with Gasteiger partial charge in [-0.1, -0.05) is 23.6 Å². The molecule has 0 bridgehead atoms. The second-order valence-electron chi connectivity index (χ2n) is 14.1. The topological polar surface area (TPSA) is 164 Å². The molecule has 1 atom stereocenters. The van der Waals surface area contributed by atoms with E-state index in [9.17, 15) is 32.2 Å². The second-order valence-corrected chi connectivity index (χ2v) is 16.2. The molecule has 1 saturated carbocycles. The van der Waals surface area contributed by atoms with Crippen LogP contribution in [0.3, 0.4) is 0 Å². The summed E-state index contributed by atoms with van der Waals surface area (Å²) in [6, 6.07) is 8.71. The maximum atomic E-state index is 14.6. The van der Waals surface area contributed by atoms with Crippen molar-refractivity contribution in [3.05, 3.63) is 93.0 Å². The van der Waals surface area contributed by atoms with Crippen LogP contribution in [0.2, 0.25) is 5.02 Å². The van der Waals surface area contributed by atoms with Gasteiger partial charge in [-0.3, -0.25) is 18.9 Å². The molecule has 16 heteroatoms. The number of carbonyl (C=O) groups is 1. The van der Waals surface area contributed by atoms with Gasteiger partial charge < -0.3 is 15.5 Å². The van der Waals surface area contributed by atoms with E-state index in [2.05, 4.69) is 27.0 Å². The summed E-state index contributed by atoms with van der Waals surface area (Å²) in [5.74, 6) is 3.82. The van der Waals surface area contributed by atoms with Crippen LogP contribution in [0.5, 0.6) is 0 Å². The Balaban J connectivity index is 1.51. The number of pyridine rings is 1. The number of aryl methyl sites for hydroxylation is 1. The Labute approximate surface area is 316 Å². The molecule has 1 aliphatic carbocycles. The van der Waals surface area contributed by atoms with Crippen molar-refractivity contribution >= 4 is 44.3 Å². The number of rotatable bonds is 12. The first-order valence-corrected chi connectivity index (χ1v) is 19.5. The minimum absolute atomic E-state index is 0.00448. The molecule has 6 rings (SSSR count). The minimum atomic E-state index is -3.75. The fraction of sp³-hybridized carbons (Fsp3) is 0.368. The zero-order chi connectivity index (χ0) is 39.1. The van der Waals surface area contributed by atoms with Crippen LogP contribution in [-0.4, -0.2) is 67.5 Å². The van der Waals surface area contributed by atoms with E-state index in [1.807, 2.05) is 6.92 Å². The predicted octanol–water partition coefficient (Wildman–Crippen LogP) is 5.08. The first-order chi connectivity index (χ1) is 25.4. The molecule has 1 unspecified atom stereocenters. The predicted molar refractivity (Wildman–Crippen MR) is 201 cm³/mol. The zero-order valence-electron chi connectivity index (χ0n) is 30.3. The van der Waals surface area contributed by atoms with Crippen LogP contribution in [-0.2, 0) is 41.3 Å². The number of aliphatic hydroxyl groups is 2. The van der Waals surface area contributed by atoms with E-state index in [1.54, 1.807) is 36.0 Å². The van der Waals surface area contributed by atoms with Gasteiger partial charge >= 0.3 is 0 Å². The molecule has 1 aliphatic rings. The molecule has 1 fully saturated rings. The third-order valence-corrected chi connectivity index (χ3v) is 9.82. The van der Waals surface area contributed by atoms with Gasteiger partial charge in [-0.15, -0.1) is 0 Å². The van der Waals surface area contributed by atoms with Gasteiger partial charge in [0.15, 0.2) is 5.82 Å². The summed E-state index contributed by atoms with van der Waals surface area (Å²) in [6.07, 6.45) is 3.26. The summed E-state index contributed by atoms with van der Waals surface area (Å²) in [4.78, 5) is 18.9. The molecule has 54 heavy (non-hydrogen) atoms. The maximum absolute atomic E-state index is 14.6. The number of aromatic nitrogens is 5. The number of carbonyl (C=O) groups excluding carboxylic acids is 1. The Morgan fingerprint density at radius 3 is 2.43 bits per heavy atom. The second kappa shape index (κ2) is 15.1. The minimum Gasteiger partial charge on any atom is -0.396 e. The highest BCUT2D eigenvalue weighted by atomic mass is 35.5. The van der Waals surface area contributed by atoms with Gasteiger partial charge in [0.1, 0.15) is 29.5 Å². The maximum Gasteiger partial charge on any atom is 0.242 e. The van der Waals surface area contributed by atoms with Crippen LogP contribution in [0.25, 0.3) is 22.0 Å². The normalized spacial score (nSPS) is 13.8. The number of anilines is 1. The van der Waals surface area contributed by atoms with Crippen molar-refractivity contribution in [3.63, 3.8) is 0 Å². The number of hydrogen-bond donors (Lipinski definition) is 4. The quantitative estimate of drug-likeness (QED) is 0.128. The van der Waals surface area contributed by atoms with E-state index >= 15 is 0 Å². The lowest BCUT2D eigenvalue weighted by Crippen LogP contribution is -2.34. The molecule has 284 valence electrons. The van der Waals surface area contributed by atoms with Gasteiger partial charge in [0.2, 0.25) is 15.9 Å². The van der Waals surface area contributed by atoms with Crippen LogP contribution >= 0.6 is 11.6 Å². The molecular formula is C38H40ClF2N7O5S. The van der Waals surface area contributed by atoms with Crippen LogP contribution in [0, 0.1) is 30.4 Å². The molecule has 12 nitrogen and oxygen atoms in total. The summed E-state index contributed by atoms with van der Waals surface area (Å²) in [7, 11) is -2.13. The van der Waals surface area contributed by atoms with Crippen molar-refractivity contribution in [2.75, 3.05) is 17.6 Å². The van der Waals surface area contributed by atoms with E-state index in [0.717, 1.165) is 42.1 Å². The lowest BCUT2D eigenvalue weighted by molar-refractivity contribution is -0.122. The lowest BCUT2D eigenvalue weighted by Gasteiger charge is -2.23. The highest BCUT2D eigenvalue weighted by Crippen LogP contribution is 2.42. The van der Waals surface area contributed by atoms with Gasteiger partial charge in [0, 0.05) is 42.5 Å². The van der Waals surface area contributed by atoms with Gasteiger partial charge in [-0.2, -0.15) is 10.2 Å². The van der Waals surface area contributed by atoms with Gasteiger partial charge in [0.25, 0.3) is 0 Å². The summed E-state index contributed by atoms with van der Waals surface area (Å²) in [5.41, 5.74) is 3.31. The SMILES string of the molecule is Cc1c(CCO)c(C2CC2)nn1CC(=O)NC(Cc1cc(F)cc(F)c1)c1nc(C#CC(C)(C)O)ccc1-c1ccc(Cl)c2c(NS(C)(=O)=O)nn(C)c12. The number of aliphatic hydroxyl groups excluding tert-OH is 1. The Kier molecular flexibility index (Phi) is 10.9. The molecule has 0 spiro atoms. The fourth-order valence-corrected chi connectivity index (χ4v) is 7.26. The summed E-state index contributed by atoms with van der Waals surface area (Å²) in [5, 5.41) is 32.8. The zero-order valence-corrected chi connectivity index (χ0v) is 31.9. The smallest absolute Gasteiger partial charge is 0.242 e. The van der Waals surface area contributed by atoms with E-state index in [1.165, 1.54) is 30.7 Å². The molecule has 3 heterocycles. The molecule has 1 amide bonds. The van der Waals surface area contributed by atoms with E-state index < -0.39 is 39.2 Å². The average molecular weight is 780 g/mol. The Morgan fingerprint density at radius 2 is 1.80 bits per heavy atom. The van der Waals surface area contributed by atoms with E-state index in [4.69, 9.17) is 21.7 Å². The lowest BCUT2D eigenvalue weighted by atomic mass is 9.93. The van der Waals surface area contributed by atoms with Crippen LogP contribution < -0.4 is 10.0 Å². The van der Waals surface area contributed by atoms with Crippen molar-refractivity contribution in [1.29, 1.82) is 0 Å². The van der Waals surface area contributed by atoms with Crippen LogP contribution in [0.15, 0.2) is 42.5 Å². The Morgan fingerprint density at radius 1 is 1.11 bits per heavy atom. The number of halogens is 3. The van der Waals surface area contributed by atoms with Gasteiger partial charge in [-0.05, 0) is 93.8 Å². The monoisotopic (exact) mass is 779 g/mol. The molecule has 4 N–H and O–H groups in total. The van der Waals surface area contributed by atoms with E-state index in [-0.39, 0.29) is 53.3 Å². The summed E-state index contributed by atoms with van der Waals surface area (Å²) < 4.78 is 59.1. The van der Waals surface area contributed by atoms with Crippen molar-refractivity contribution in [2.45, 2.75) is 70.6 Å². The number of benzene rings is 2. The number of nitrogens with one attached hydrogen (secondary N) is 2. The molecule has 3 aromatic heterocycles. The van der Waals surface area contributed by atoms with E-state index in [0.29, 0.717) is 28.5 Å². The third-order valence-electron chi connectivity index (χ3n) is 8.94.